The van der Waals surface area contributed by atoms with Crippen LogP contribution in [0.4, 0.5) is 5.69 Å². The highest BCUT2D eigenvalue weighted by Crippen LogP contribution is 2.09. The summed E-state index contributed by atoms with van der Waals surface area (Å²) in [6.45, 7) is 3.71. The fraction of sp³-hybridized carbons (Fsp3) is 0.450. The summed E-state index contributed by atoms with van der Waals surface area (Å²) in [4.78, 5) is 47.6. The number of nitrogens with zero attached hydrogens (tertiary/aromatic N) is 1. The van der Waals surface area contributed by atoms with Gasteiger partial charge in [0.05, 0.1) is 32.3 Å². The number of benzene rings is 1. The molecule has 0 atom stereocenters. The molecule has 1 aromatic carbocycles. The van der Waals surface area contributed by atoms with Crippen molar-refractivity contribution in [2.24, 2.45) is 10.9 Å². The fourth-order valence-corrected chi connectivity index (χ4v) is 2.51. The van der Waals surface area contributed by atoms with Gasteiger partial charge in [0.1, 0.15) is 0 Å². The van der Waals surface area contributed by atoms with Crippen LogP contribution in [0.2, 0.25) is 0 Å². The van der Waals surface area contributed by atoms with Gasteiger partial charge >= 0.3 is 11.9 Å². The van der Waals surface area contributed by atoms with Crippen LogP contribution in [0.3, 0.4) is 0 Å². The molecule has 1 rings (SSSR count). The van der Waals surface area contributed by atoms with Gasteiger partial charge in [0.25, 0.3) is 0 Å². The summed E-state index contributed by atoms with van der Waals surface area (Å²) >= 11 is 0. The van der Waals surface area contributed by atoms with Gasteiger partial charge in [-0.05, 0) is 31.5 Å². The van der Waals surface area contributed by atoms with Gasteiger partial charge in [-0.3, -0.25) is 19.2 Å². The van der Waals surface area contributed by atoms with E-state index < -0.39 is 23.9 Å². The molecule has 30 heavy (non-hydrogen) atoms. The van der Waals surface area contributed by atoms with Crippen LogP contribution >= 0.6 is 0 Å². The monoisotopic (exact) mass is 420 g/mol. The highest BCUT2D eigenvalue weighted by Gasteiger charge is 2.21. The predicted molar refractivity (Wildman–Crippen MR) is 111 cm³/mol. The van der Waals surface area contributed by atoms with E-state index in [-0.39, 0.29) is 44.8 Å². The number of hydrazone groups is 1. The number of rotatable bonds is 12. The van der Waals surface area contributed by atoms with Crippen LogP contribution in [0.15, 0.2) is 29.4 Å². The molecule has 0 bridgehead atoms. The zero-order valence-electron chi connectivity index (χ0n) is 17.2. The molecule has 10 nitrogen and oxygen atoms in total. The first-order valence-electron chi connectivity index (χ1n) is 9.61. The largest absolute Gasteiger partial charge is 0.466 e. The third-order valence-corrected chi connectivity index (χ3v) is 3.80. The lowest BCUT2D eigenvalue weighted by molar-refractivity contribution is -0.146. The van der Waals surface area contributed by atoms with Crippen molar-refractivity contribution in [2.75, 3.05) is 18.5 Å². The second-order valence-electron chi connectivity index (χ2n) is 6.23. The molecular weight excluding hydrogens is 392 g/mol. The van der Waals surface area contributed by atoms with Crippen LogP contribution in [0.1, 0.15) is 45.1 Å². The van der Waals surface area contributed by atoms with Crippen molar-refractivity contribution >= 4 is 35.7 Å². The first kappa shape index (κ1) is 24.6. The molecule has 164 valence electrons. The van der Waals surface area contributed by atoms with Crippen LogP contribution < -0.4 is 16.5 Å². The summed E-state index contributed by atoms with van der Waals surface area (Å²) in [5, 5.41) is 8.67. The topological polar surface area (TPSA) is 149 Å². The smallest absolute Gasteiger partial charge is 0.307 e. The van der Waals surface area contributed by atoms with Crippen LogP contribution in [-0.2, 0) is 28.7 Å². The van der Waals surface area contributed by atoms with E-state index >= 15 is 0 Å². The summed E-state index contributed by atoms with van der Waals surface area (Å²) < 4.78 is 9.72. The van der Waals surface area contributed by atoms with Gasteiger partial charge in [-0.25, -0.2) is 0 Å². The Hall–Kier alpha value is -3.43. The first-order chi connectivity index (χ1) is 14.4. The normalized spacial score (nSPS) is 10.6. The van der Waals surface area contributed by atoms with Crippen molar-refractivity contribution in [3.8, 4) is 0 Å². The summed E-state index contributed by atoms with van der Waals surface area (Å²) in [6.07, 6.45) is 0.973. The van der Waals surface area contributed by atoms with Crippen molar-refractivity contribution in [1.29, 1.82) is 0 Å². The number of hydrogen-bond donors (Lipinski definition) is 3. The Morgan fingerprint density at radius 2 is 1.50 bits per heavy atom. The van der Waals surface area contributed by atoms with E-state index in [0.717, 1.165) is 5.56 Å². The molecule has 4 N–H and O–H groups in total. The zero-order chi connectivity index (χ0) is 22.4. The van der Waals surface area contributed by atoms with Crippen LogP contribution in [0.5, 0.6) is 0 Å². The minimum atomic E-state index is -0.768. The molecule has 0 fully saturated rings. The maximum absolute atomic E-state index is 12.2. The van der Waals surface area contributed by atoms with E-state index in [1.807, 2.05) is 0 Å². The Bertz CT molecular complexity index is 728. The lowest BCUT2D eigenvalue weighted by Crippen LogP contribution is -2.39. The van der Waals surface area contributed by atoms with Gasteiger partial charge in [-0.1, -0.05) is 12.1 Å². The van der Waals surface area contributed by atoms with Crippen molar-refractivity contribution in [2.45, 2.75) is 45.6 Å². The van der Waals surface area contributed by atoms with Crippen LogP contribution in [-0.4, -0.2) is 49.2 Å². The summed E-state index contributed by atoms with van der Waals surface area (Å²) in [5.74, 6) is 3.20. The Kier molecular flexibility index (Phi) is 11.2. The van der Waals surface area contributed by atoms with E-state index in [9.17, 15) is 19.2 Å². The SMILES string of the molecule is CCOC(=O)CC(CC(=O)OCC)NC(=O)CCC(=O)Nc1ccc(C=NN)cc1. The number of esters is 2. The molecule has 0 aliphatic rings. The maximum atomic E-state index is 12.2. The summed E-state index contributed by atoms with van der Waals surface area (Å²) in [5.41, 5.74) is 1.35. The van der Waals surface area contributed by atoms with Crippen LogP contribution in [0, 0.1) is 0 Å². The molecule has 0 saturated heterocycles. The number of nitrogens with one attached hydrogen (secondary N) is 2. The van der Waals surface area contributed by atoms with E-state index in [1.165, 1.54) is 6.21 Å². The number of carbonyl (C=O) groups is 4. The van der Waals surface area contributed by atoms with Gasteiger partial charge in [0.15, 0.2) is 0 Å². The van der Waals surface area contributed by atoms with E-state index in [2.05, 4.69) is 15.7 Å². The molecule has 0 aliphatic heterocycles. The van der Waals surface area contributed by atoms with Crippen molar-refractivity contribution in [1.82, 2.24) is 5.32 Å². The molecular formula is C20H28N4O6. The highest BCUT2D eigenvalue weighted by atomic mass is 16.5. The molecule has 0 radical (unpaired) electrons. The Labute approximate surface area is 175 Å². The maximum Gasteiger partial charge on any atom is 0.307 e. The van der Waals surface area contributed by atoms with Gasteiger partial charge in [-0.2, -0.15) is 5.10 Å². The first-order valence-corrected chi connectivity index (χ1v) is 9.61. The standard InChI is InChI=1S/C20H28N4O6/c1-3-29-19(27)11-16(12-20(28)30-4-2)24-18(26)10-9-17(25)23-15-7-5-14(6-8-15)13-22-21/h5-8,13,16H,3-4,9-12,21H2,1-2H3,(H,23,25)(H,24,26). The predicted octanol–water partition coefficient (Wildman–Crippen LogP) is 1.09. The second-order valence-corrected chi connectivity index (χ2v) is 6.23. The minimum Gasteiger partial charge on any atom is -0.466 e. The van der Waals surface area contributed by atoms with Gasteiger partial charge < -0.3 is 25.9 Å². The summed E-state index contributed by atoms with van der Waals surface area (Å²) in [6, 6.07) is 6.06. The lowest BCUT2D eigenvalue weighted by Gasteiger charge is -2.17. The number of anilines is 1. The molecule has 0 heterocycles. The van der Waals surface area contributed by atoms with Crippen LogP contribution in [0.25, 0.3) is 0 Å². The Morgan fingerprint density at radius 1 is 0.967 bits per heavy atom. The quantitative estimate of drug-likeness (QED) is 0.198. The molecule has 0 unspecified atom stereocenters. The van der Waals surface area contributed by atoms with E-state index in [4.69, 9.17) is 15.3 Å². The summed E-state index contributed by atoms with van der Waals surface area (Å²) in [7, 11) is 0. The molecule has 0 aliphatic carbocycles. The third-order valence-electron chi connectivity index (χ3n) is 3.80. The Balaban J connectivity index is 2.52. The fourth-order valence-electron chi connectivity index (χ4n) is 2.51. The molecule has 0 aromatic heterocycles. The molecule has 1 aromatic rings. The average Bonchev–Trinajstić information content (AvgIpc) is 2.68. The molecule has 10 heteroatoms. The molecule has 0 spiro atoms. The second kappa shape index (κ2) is 13.7. The highest BCUT2D eigenvalue weighted by molar-refractivity contribution is 5.93. The van der Waals surface area contributed by atoms with Gasteiger partial charge in [-0.15, -0.1) is 0 Å². The number of carbonyl (C=O) groups excluding carboxylic acids is 4. The zero-order valence-corrected chi connectivity index (χ0v) is 17.2. The molecule has 0 saturated carbocycles. The minimum absolute atomic E-state index is 0.0661. The molecule has 2 amide bonds. The van der Waals surface area contributed by atoms with Crippen molar-refractivity contribution in [3.05, 3.63) is 29.8 Å². The van der Waals surface area contributed by atoms with E-state index in [1.54, 1.807) is 38.1 Å². The lowest BCUT2D eigenvalue weighted by atomic mass is 10.1. The van der Waals surface area contributed by atoms with Gasteiger partial charge in [0, 0.05) is 24.6 Å². The van der Waals surface area contributed by atoms with Crippen molar-refractivity contribution in [3.63, 3.8) is 0 Å². The number of nitrogens with two attached hydrogens (primary N) is 1. The van der Waals surface area contributed by atoms with Crippen molar-refractivity contribution < 1.29 is 28.7 Å². The average molecular weight is 420 g/mol. The number of amides is 2. The number of ether oxygens (including phenoxy) is 2. The van der Waals surface area contributed by atoms with E-state index in [0.29, 0.717) is 5.69 Å². The van der Waals surface area contributed by atoms with Gasteiger partial charge in [0.2, 0.25) is 11.8 Å². The third kappa shape index (κ3) is 10.2. The Morgan fingerprint density at radius 3 is 2.00 bits per heavy atom. The number of hydrogen-bond acceptors (Lipinski definition) is 8.